The monoisotopic (exact) mass is 296 g/mol. The molecule has 2 aliphatic heterocycles. The highest BCUT2D eigenvalue weighted by molar-refractivity contribution is 6.30. The molecule has 1 aromatic rings. The number of aromatic nitrogens is 2. The molecule has 3 heterocycles. The lowest BCUT2D eigenvalue weighted by atomic mass is 10.1. The Hall–Kier alpha value is -1.07. The zero-order chi connectivity index (χ0) is 14.1. The number of amides is 1. The van der Waals surface area contributed by atoms with E-state index in [4.69, 9.17) is 11.6 Å². The van der Waals surface area contributed by atoms with Gasteiger partial charge in [0.05, 0.1) is 11.2 Å². The lowest BCUT2D eigenvalue weighted by Crippen LogP contribution is -2.39. The zero-order valence-corrected chi connectivity index (χ0v) is 12.6. The van der Waals surface area contributed by atoms with Gasteiger partial charge >= 0.3 is 0 Å². The smallest absolute Gasteiger partial charge is 0.224 e. The summed E-state index contributed by atoms with van der Waals surface area (Å²) in [6.45, 7) is 2.38. The maximum atomic E-state index is 12.3. The summed E-state index contributed by atoms with van der Waals surface area (Å²) in [7, 11) is 2.20. The van der Waals surface area contributed by atoms with Crippen LogP contribution in [-0.2, 0) is 11.3 Å². The molecule has 0 radical (unpaired) electrons. The van der Waals surface area contributed by atoms with Crippen molar-refractivity contribution >= 4 is 17.5 Å². The Bertz CT molecular complexity index is 489. The molecule has 2 fully saturated rings. The van der Waals surface area contributed by atoms with Crippen molar-refractivity contribution < 1.29 is 4.79 Å². The van der Waals surface area contributed by atoms with Gasteiger partial charge in [-0.2, -0.15) is 5.10 Å². The number of hydrogen-bond donors (Lipinski definition) is 0. The van der Waals surface area contributed by atoms with Crippen LogP contribution in [0.3, 0.4) is 0 Å². The van der Waals surface area contributed by atoms with Gasteiger partial charge in [0, 0.05) is 44.3 Å². The van der Waals surface area contributed by atoms with Gasteiger partial charge in [-0.3, -0.25) is 14.4 Å². The number of fused-ring (bicyclic) bond motifs is 2. The average molecular weight is 297 g/mol. The summed E-state index contributed by atoms with van der Waals surface area (Å²) in [5.74, 6) is 0.234. The average Bonchev–Trinajstić information content (AvgIpc) is 2.91. The van der Waals surface area contributed by atoms with Crippen LogP contribution in [0.1, 0.15) is 25.7 Å². The second kappa shape index (κ2) is 5.74. The summed E-state index contributed by atoms with van der Waals surface area (Å²) in [6.07, 6.45) is 7.47. The molecule has 0 spiro atoms. The van der Waals surface area contributed by atoms with Gasteiger partial charge in [0.1, 0.15) is 0 Å². The standard InChI is InChI=1S/C14H21ClN4O/c1-17-12-2-3-13(17)10-18(6-4-12)14(20)5-7-19-9-11(15)8-16-19/h8-9,12-13H,2-7,10H2,1H3. The third-order valence-electron chi connectivity index (χ3n) is 4.66. The summed E-state index contributed by atoms with van der Waals surface area (Å²) in [5.41, 5.74) is 0. The Balaban J connectivity index is 1.55. The van der Waals surface area contributed by atoms with Gasteiger partial charge in [0.2, 0.25) is 5.91 Å². The number of carbonyl (C=O) groups is 1. The van der Waals surface area contributed by atoms with E-state index in [2.05, 4.69) is 17.0 Å². The first-order chi connectivity index (χ1) is 9.63. The molecule has 0 aliphatic carbocycles. The van der Waals surface area contributed by atoms with Crippen LogP contribution in [0.4, 0.5) is 0 Å². The van der Waals surface area contributed by atoms with Gasteiger partial charge in [0.25, 0.3) is 0 Å². The summed E-state index contributed by atoms with van der Waals surface area (Å²) in [4.78, 5) is 16.8. The molecule has 5 nitrogen and oxygen atoms in total. The first kappa shape index (κ1) is 13.9. The number of likely N-dealkylation sites (tertiary alicyclic amines) is 1. The molecule has 20 heavy (non-hydrogen) atoms. The molecule has 2 atom stereocenters. The van der Waals surface area contributed by atoms with Crippen molar-refractivity contribution in [2.45, 2.75) is 44.3 Å². The van der Waals surface area contributed by atoms with Gasteiger partial charge in [-0.1, -0.05) is 11.6 Å². The molecule has 2 aliphatic rings. The van der Waals surface area contributed by atoms with Crippen molar-refractivity contribution in [3.63, 3.8) is 0 Å². The Morgan fingerprint density at radius 2 is 2.20 bits per heavy atom. The van der Waals surface area contributed by atoms with Crippen LogP contribution >= 0.6 is 11.6 Å². The Kier molecular flexibility index (Phi) is 3.98. The molecule has 6 heteroatoms. The van der Waals surface area contributed by atoms with Gasteiger partial charge in [-0.25, -0.2) is 0 Å². The fourth-order valence-electron chi connectivity index (χ4n) is 3.36. The number of aryl methyl sites for hydroxylation is 1. The third kappa shape index (κ3) is 2.83. The van der Waals surface area contributed by atoms with E-state index in [0.717, 1.165) is 19.5 Å². The van der Waals surface area contributed by atoms with Crippen molar-refractivity contribution in [2.24, 2.45) is 0 Å². The zero-order valence-electron chi connectivity index (χ0n) is 11.8. The van der Waals surface area contributed by atoms with E-state index in [1.807, 2.05) is 4.90 Å². The minimum Gasteiger partial charge on any atom is -0.341 e. The second-order valence-corrected chi connectivity index (χ2v) is 6.29. The van der Waals surface area contributed by atoms with Gasteiger partial charge in [-0.15, -0.1) is 0 Å². The molecule has 2 saturated heterocycles. The van der Waals surface area contributed by atoms with Crippen molar-refractivity contribution in [1.82, 2.24) is 19.6 Å². The molecule has 0 aromatic carbocycles. The van der Waals surface area contributed by atoms with Crippen LogP contribution in [0.5, 0.6) is 0 Å². The molecule has 1 aromatic heterocycles. The van der Waals surface area contributed by atoms with Crippen LogP contribution in [0.2, 0.25) is 5.02 Å². The highest BCUT2D eigenvalue weighted by atomic mass is 35.5. The predicted octanol–water partition coefficient (Wildman–Crippen LogP) is 1.62. The first-order valence-corrected chi connectivity index (χ1v) is 7.69. The highest BCUT2D eigenvalue weighted by Crippen LogP contribution is 2.28. The van der Waals surface area contributed by atoms with Crippen molar-refractivity contribution in [3.8, 4) is 0 Å². The number of halogens is 1. The van der Waals surface area contributed by atoms with E-state index in [-0.39, 0.29) is 5.91 Å². The summed E-state index contributed by atoms with van der Waals surface area (Å²) < 4.78 is 1.73. The minimum atomic E-state index is 0.234. The lowest BCUT2D eigenvalue weighted by Gasteiger charge is -2.25. The molecular weight excluding hydrogens is 276 g/mol. The lowest BCUT2D eigenvalue weighted by molar-refractivity contribution is -0.131. The van der Waals surface area contributed by atoms with E-state index in [0.29, 0.717) is 30.1 Å². The summed E-state index contributed by atoms with van der Waals surface area (Å²) >= 11 is 5.82. The van der Waals surface area contributed by atoms with Crippen LogP contribution in [-0.4, -0.2) is 57.7 Å². The SMILES string of the molecule is CN1C2CCC1CN(C(=O)CCn1cc(Cl)cn1)CC2. The molecule has 110 valence electrons. The summed E-state index contributed by atoms with van der Waals surface area (Å²) in [5, 5.41) is 4.72. The first-order valence-electron chi connectivity index (χ1n) is 7.31. The van der Waals surface area contributed by atoms with Crippen molar-refractivity contribution in [2.75, 3.05) is 20.1 Å². The number of nitrogens with zero attached hydrogens (tertiary/aromatic N) is 4. The summed E-state index contributed by atoms with van der Waals surface area (Å²) in [6, 6.07) is 1.22. The molecule has 0 saturated carbocycles. The number of rotatable bonds is 3. The van der Waals surface area contributed by atoms with E-state index < -0.39 is 0 Å². The third-order valence-corrected chi connectivity index (χ3v) is 4.85. The van der Waals surface area contributed by atoms with Crippen LogP contribution in [0.15, 0.2) is 12.4 Å². The fraction of sp³-hybridized carbons (Fsp3) is 0.714. The van der Waals surface area contributed by atoms with E-state index in [9.17, 15) is 4.79 Å². The number of hydrogen-bond acceptors (Lipinski definition) is 3. The molecular formula is C14H21ClN4O. The minimum absolute atomic E-state index is 0.234. The van der Waals surface area contributed by atoms with Gasteiger partial charge < -0.3 is 4.90 Å². The normalized spacial score (nSPS) is 26.8. The number of likely N-dealkylation sites (N-methyl/N-ethyl adjacent to an activating group) is 1. The maximum absolute atomic E-state index is 12.3. The second-order valence-electron chi connectivity index (χ2n) is 5.85. The molecule has 2 unspecified atom stereocenters. The largest absolute Gasteiger partial charge is 0.341 e. The number of carbonyl (C=O) groups excluding carboxylic acids is 1. The van der Waals surface area contributed by atoms with E-state index in [1.165, 1.54) is 12.8 Å². The predicted molar refractivity (Wildman–Crippen MR) is 77.6 cm³/mol. The molecule has 3 rings (SSSR count). The van der Waals surface area contributed by atoms with Crippen LogP contribution in [0, 0.1) is 0 Å². The fourth-order valence-corrected chi connectivity index (χ4v) is 3.52. The van der Waals surface area contributed by atoms with Gasteiger partial charge in [-0.05, 0) is 26.3 Å². The molecule has 2 bridgehead atoms. The van der Waals surface area contributed by atoms with Crippen LogP contribution in [0.25, 0.3) is 0 Å². The Morgan fingerprint density at radius 1 is 1.40 bits per heavy atom. The molecule has 0 N–H and O–H groups in total. The maximum Gasteiger partial charge on any atom is 0.224 e. The molecule has 1 amide bonds. The topological polar surface area (TPSA) is 41.4 Å². The highest BCUT2D eigenvalue weighted by Gasteiger charge is 2.35. The van der Waals surface area contributed by atoms with Crippen molar-refractivity contribution in [1.29, 1.82) is 0 Å². The van der Waals surface area contributed by atoms with E-state index >= 15 is 0 Å². The van der Waals surface area contributed by atoms with Crippen molar-refractivity contribution in [3.05, 3.63) is 17.4 Å². The quantitative estimate of drug-likeness (QED) is 0.851. The van der Waals surface area contributed by atoms with Crippen LogP contribution < -0.4 is 0 Å². The Labute approximate surface area is 124 Å². The Morgan fingerprint density at radius 3 is 2.95 bits per heavy atom. The van der Waals surface area contributed by atoms with Gasteiger partial charge in [0.15, 0.2) is 0 Å². The van der Waals surface area contributed by atoms with E-state index in [1.54, 1.807) is 17.1 Å².